The Bertz CT molecular complexity index is 839. The van der Waals surface area contributed by atoms with Crippen LogP contribution in [0, 0.1) is 5.82 Å². The average molecular weight is 386 g/mol. The summed E-state index contributed by atoms with van der Waals surface area (Å²) in [5.74, 6) is -0.360. The van der Waals surface area contributed by atoms with Crippen molar-refractivity contribution < 1.29 is 18.7 Å². The van der Waals surface area contributed by atoms with Gasteiger partial charge >= 0.3 is 6.03 Å². The smallest absolute Gasteiger partial charge is 0.323 e. The molecule has 8 heteroatoms. The maximum absolute atomic E-state index is 14.0. The van der Waals surface area contributed by atoms with Gasteiger partial charge in [0.05, 0.1) is 17.4 Å². The van der Waals surface area contributed by atoms with Crippen molar-refractivity contribution in [1.29, 1.82) is 0 Å². The number of ether oxygens (including phenoxy) is 1. The minimum absolute atomic E-state index is 0.112. The van der Waals surface area contributed by atoms with Crippen LogP contribution in [-0.2, 0) is 4.79 Å². The van der Waals surface area contributed by atoms with Gasteiger partial charge in [-0.05, 0) is 31.0 Å². The fraction of sp³-hybridized carbons (Fsp3) is 0.350. The van der Waals surface area contributed by atoms with Gasteiger partial charge in [-0.1, -0.05) is 12.8 Å². The SMILES string of the molecule is CC(=O)NC1(COc2cc(F)cc(NC(=O)Nc3cccnc3)c2)CCCC1. The van der Waals surface area contributed by atoms with E-state index in [0.717, 1.165) is 25.7 Å². The van der Waals surface area contributed by atoms with E-state index in [1.54, 1.807) is 24.4 Å². The van der Waals surface area contributed by atoms with Crippen LogP contribution in [0.4, 0.5) is 20.6 Å². The van der Waals surface area contributed by atoms with Crippen molar-refractivity contribution in [3.8, 4) is 5.75 Å². The first-order chi connectivity index (χ1) is 13.4. The van der Waals surface area contributed by atoms with Crippen molar-refractivity contribution in [3.05, 3.63) is 48.5 Å². The predicted molar refractivity (Wildman–Crippen MR) is 104 cm³/mol. The molecule has 3 rings (SSSR count). The quantitative estimate of drug-likeness (QED) is 0.706. The van der Waals surface area contributed by atoms with Crippen molar-refractivity contribution in [2.24, 2.45) is 0 Å². The molecule has 0 atom stereocenters. The van der Waals surface area contributed by atoms with Gasteiger partial charge in [-0.3, -0.25) is 9.78 Å². The van der Waals surface area contributed by atoms with Crippen LogP contribution in [0.1, 0.15) is 32.6 Å². The van der Waals surface area contributed by atoms with Gasteiger partial charge < -0.3 is 20.7 Å². The van der Waals surface area contributed by atoms with Crippen LogP contribution in [0.5, 0.6) is 5.75 Å². The second kappa shape index (κ2) is 8.69. The van der Waals surface area contributed by atoms with E-state index in [1.165, 1.54) is 25.3 Å². The number of hydrogen-bond donors (Lipinski definition) is 3. The lowest BCUT2D eigenvalue weighted by molar-refractivity contribution is -0.121. The molecule has 7 nitrogen and oxygen atoms in total. The summed E-state index contributed by atoms with van der Waals surface area (Å²) in [6.45, 7) is 1.72. The summed E-state index contributed by atoms with van der Waals surface area (Å²) in [4.78, 5) is 27.5. The van der Waals surface area contributed by atoms with Gasteiger partial charge in [0.1, 0.15) is 18.2 Å². The first-order valence-corrected chi connectivity index (χ1v) is 9.14. The Morgan fingerprint density at radius 2 is 1.93 bits per heavy atom. The lowest BCUT2D eigenvalue weighted by Crippen LogP contribution is -2.49. The van der Waals surface area contributed by atoms with Crippen molar-refractivity contribution in [2.75, 3.05) is 17.2 Å². The van der Waals surface area contributed by atoms with E-state index in [-0.39, 0.29) is 24.0 Å². The number of benzene rings is 1. The predicted octanol–water partition coefficient (Wildman–Crippen LogP) is 3.69. The Kier molecular flexibility index (Phi) is 6.08. The summed E-state index contributed by atoms with van der Waals surface area (Å²) in [6.07, 6.45) is 6.75. The highest BCUT2D eigenvalue weighted by atomic mass is 19.1. The van der Waals surface area contributed by atoms with Crippen molar-refractivity contribution in [1.82, 2.24) is 10.3 Å². The molecule has 3 amide bonds. The Morgan fingerprint density at radius 3 is 2.61 bits per heavy atom. The molecule has 28 heavy (non-hydrogen) atoms. The summed E-state index contributed by atoms with van der Waals surface area (Å²) in [5.41, 5.74) is 0.353. The highest BCUT2D eigenvalue weighted by molar-refractivity contribution is 5.99. The molecule has 1 aromatic heterocycles. The standard InChI is InChI=1S/C20H23FN4O3/c1-14(26)25-20(6-2-3-7-20)13-28-18-10-15(21)9-17(11-18)24-19(27)23-16-5-4-8-22-12-16/h4-5,8-12H,2-3,6-7,13H2,1H3,(H,25,26)(H2,23,24,27). The van der Waals surface area contributed by atoms with Gasteiger partial charge in [-0.15, -0.1) is 0 Å². The maximum Gasteiger partial charge on any atom is 0.323 e. The van der Waals surface area contributed by atoms with Crippen molar-refractivity contribution >= 4 is 23.3 Å². The van der Waals surface area contributed by atoms with E-state index in [2.05, 4.69) is 20.9 Å². The number of nitrogens with one attached hydrogen (secondary N) is 3. The van der Waals surface area contributed by atoms with Crippen LogP contribution >= 0.6 is 0 Å². The Hall–Kier alpha value is -3.16. The number of rotatable bonds is 6. The minimum atomic E-state index is -0.533. The van der Waals surface area contributed by atoms with Gasteiger partial charge in [-0.25, -0.2) is 9.18 Å². The molecule has 0 bridgehead atoms. The summed E-state index contributed by atoms with van der Waals surface area (Å²) in [5, 5.41) is 8.16. The molecule has 1 aliphatic rings. The summed E-state index contributed by atoms with van der Waals surface area (Å²) < 4.78 is 19.8. The molecule has 0 unspecified atom stereocenters. The lowest BCUT2D eigenvalue weighted by Gasteiger charge is -2.29. The number of anilines is 2. The van der Waals surface area contributed by atoms with E-state index in [4.69, 9.17) is 4.74 Å². The Balaban J connectivity index is 1.64. The van der Waals surface area contributed by atoms with E-state index >= 15 is 0 Å². The molecule has 1 fully saturated rings. The zero-order valence-electron chi connectivity index (χ0n) is 15.6. The van der Waals surface area contributed by atoms with Gasteiger partial charge in [0.25, 0.3) is 0 Å². The molecule has 0 radical (unpaired) electrons. The van der Waals surface area contributed by atoms with Crippen molar-refractivity contribution in [2.45, 2.75) is 38.1 Å². The molecule has 1 aromatic carbocycles. The Morgan fingerprint density at radius 1 is 1.18 bits per heavy atom. The van der Waals surface area contributed by atoms with E-state index in [1.807, 2.05) is 0 Å². The van der Waals surface area contributed by atoms with Gasteiger partial charge in [-0.2, -0.15) is 0 Å². The number of carbonyl (C=O) groups is 2. The van der Waals surface area contributed by atoms with Gasteiger partial charge in [0.15, 0.2) is 0 Å². The molecule has 0 spiro atoms. The first-order valence-electron chi connectivity index (χ1n) is 9.14. The van der Waals surface area contributed by atoms with Crippen LogP contribution in [0.25, 0.3) is 0 Å². The Labute approximate surface area is 162 Å². The maximum atomic E-state index is 14.0. The van der Waals surface area contributed by atoms with Crippen LogP contribution in [-0.4, -0.2) is 29.1 Å². The molecule has 1 saturated carbocycles. The number of nitrogens with zero attached hydrogens (tertiary/aromatic N) is 1. The monoisotopic (exact) mass is 386 g/mol. The molecular weight excluding hydrogens is 363 g/mol. The third kappa shape index (κ3) is 5.42. The molecule has 3 N–H and O–H groups in total. The molecule has 2 aromatic rings. The fourth-order valence-electron chi connectivity index (χ4n) is 3.40. The van der Waals surface area contributed by atoms with E-state index < -0.39 is 17.4 Å². The zero-order valence-corrected chi connectivity index (χ0v) is 15.6. The van der Waals surface area contributed by atoms with Crippen molar-refractivity contribution in [3.63, 3.8) is 0 Å². The largest absolute Gasteiger partial charge is 0.491 e. The average Bonchev–Trinajstić information content (AvgIpc) is 3.08. The normalized spacial score (nSPS) is 14.9. The summed E-state index contributed by atoms with van der Waals surface area (Å²) >= 11 is 0. The highest BCUT2D eigenvalue weighted by Crippen LogP contribution is 2.31. The molecule has 0 saturated heterocycles. The number of hydrogen-bond acceptors (Lipinski definition) is 4. The molecule has 1 heterocycles. The van der Waals surface area contributed by atoms with Crippen LogP contribution in [0.2, 0.25) is 0 Å². The van der Waals surface area contributed by atoms with Crippen LogP contribution in [0.15, 0.2) is 42.7 Å². The van der Waals surface area contributed by atoms with Gasteiger partial charge in [0.2, 0.25) is 5.91 Å². The van der Waals surface area contributed by atoms with Crippen LogP contribution < -0.4 is 20.7 Å². The molecule has 1 aliphatic carbocycles. The third-order valence-corrected chi connectivity index (χ3v) is 4.57. The second-order valence-electron chi connectivity index (χ2n) is 6.95. The van der Waals surface area contributed by atoms with E-state index in [9.17, 15) is 14.0 Å². The molecule has 0 aliphatic heterocycles. The second-order valence-corrected chi connectivity index (χ2v) is 6.95. The lowest BCUT2D eigenvalue weighted by atomic mass is 9.99. The fourth-order valence-corrected chi connectivity index (χ4v) is 3.40. The van der Waals surface area contributed by atoms with E-state index in [0.29, 0.717) is 5.69 Å². The number of halogens is 1. The molecular formula is C20H23FN4O3. The number of amides is 3. The zero-order chi connectivity index (χ0) is 20.0. The number of aromatic nitrogens is 1. The topological polar surface area (TPSA) is 92.4 Å². The number of carbonyl (C=O) groups excluding carboxylic acids is 2. The summed E-state index contributed by atoms with van der Waals surface area (Å²) in [6, 6.07) is 6.86. The summed E-state index contributed by atoms with van der Waals surface area (Å²) in [7, 11) is 0. The van der Waals surface area contributed by atoms with Gasteiger partial charge in [0, 0.05) is 30.9 Å². The third-order valence-electron chi connectivity index (χ3n) is 4.57. The first kappa shape index (κ1) is 19.6. The van der Waals surface area contributed by atoms with Crippen LogP contribution in [0.3, 0.4) is 0 Å². The minimum Gasteiger partial charge on any atom is -0.491 e. The number of pyridine rings is 1. The highest BCUT2D eigenvalue weighted by Gasteiger charge is 2.35. The molecule has 148 valence electrons. The number of urea groups is 1.